The van der Waals surface area contributed by atoms with Crippen LogP contribution in [0.15, 0.2) is 273 Å². The van der Waals surface area contributed by atoms with Crippen molar-refractivity contribution in [3.05, 3.63) is 273 Å². The summed E-state index contributed by atoms with van der Waals surface area (Å²) in [5.41, 5.74) is 0. The minimum atomic E-state index is -0.446. The summed E-state index contributed by atoms with van der Waals surface area (Å²) < 4.78 is 0. The third-order valence-corrected chi connectivity index (χ3v) is 16.5. The van der Waals surface area contributed by atoms with Crippen molar-refractivity contribution in [3.63, 3.8) is 0 Å². The Hall–Kier alpha value is -5.11. The average Bonchev–Trinajstić information content (AvgIpc) is 3.30. The van der Waals surface area contributed by atoms with Gasteiger partial charge in [-0.15, -0.1) is 0 Å². The molecule has 0 nitrogen and oxygen atoms in total. The predicted molar refractivity (Wildman–Crippen MR) is 255 cm³/mol. The van der Waals surface area contributed by atoms with E-state index >= 15 is 0 Å². The molecule has 4 heteroatoms. The molecule has 0 aromatic heterocycles. The second kappa shape index (κ2) is 23.3. The molecule has 0 spiro atoms. The molecule has 0 radical (unpaired) electrons. The Morgan fingerprint density at radius 1 is 0.138 bits per heavy atom. The van der Waals surface area contributed by atoms with E-state index < -0.39 is 23.8 Å². The van der Waals surface area contributed by atoms with E-state index in [2.05, 4.69) is 273 Å². The van der Waals surface area contributed by atoms with Crippen LogP contribution in [-0.2, 0) is 19.5 Å². The van der Waals surface area contributed by atoms with E-state index in [1.165, 1.54) is 47.7 Å². The molecule has 0 saturated heterocycles. The molecule has 0 bridgehead atoms. The molecule has 0 unspecified atom stereocenters. The Labute approximate surface area is 361 Å². The van der Waals surface area contributed by atoms with Gasteiger partial charge < -0.3 is 0 Å². The summed E-state index contributed by atoms with van der Waals surface area (Å²) in [6.07, 6.45) is 0. The summed E-state index contributed by atoms with van der Waals surface area (Å²) in [5, 5.41) is 12.6. The molecule has 0 fully saturated rings. The van der Waals surface area contributed by atoms with E-state index in [4.69, 9.17) is 0 Å². The summed E-state index contributed by atoms with van der Waals surface area (Å²) in [6, 6.07) is 97.0. The average molecular weight is 890 g/mol. The van der Waals surface area contributed by atoms with E-state index in [1.807, 2.05) is 0 Å². The van der Waals surface area contributed by atoms with Crippen LogP contribution in [0.3, 0.4) is 0 Å². The molecule has 58 heavy (non-hydrogen) atoms. The minimum absolute atomic E-state index is 0. The van der Waals surface area contributed by atoms with Gasteiger partial charge in [0.1, 0.15) is 0 Å². The summed E-state index contributed by atoms with van der Waals surface area (Å²) in [4.78, 5) is 0. The molecule has 0 heterocycles. The van der Waals surface area contributed by atoms with Crippen molar-refractivity contribution in [3.8, 4) is 0 Å². The van der Waals surface area contributed by atoms with Gasteiger partial charge in [0.05, 0.1) is 0 Å². The Morgan fingerprint density at radius 3 is 0.310 bits per heavy atom. The molecule has 9 rings (SSSR count). The first-order chi connectivity index (χ1) is 28.3. The van der Waals surface area contributed by atoms with Gasteiger partial charge in [0.2, 0.25) is 0 Å². The molecule has 0 aliphatic carbocycles. The molecule has 0 saturated carbocycles. The van der Waals surface area contributed by atoms with Crippen molar-refractivity contribution < 1.29 is 19.5 Å². The summed E-state index contributed by atoms with van der Waals surface area (Å²) >= 11 is 0. The molecule has 9 aromatic rings. The second-order valence-corrected chi connectivity index (χ2v) is 19.7. The van der Waals surface area contributed by atoms with E-state index in [-0.39, 0.29) is 19.5 Å². The van der Waals surface area contributed by atoms with Crippen LogP contribution >= 0.6 is 23.8 Å². The first-order valence-electron chi connectivity index (χ1n) is 19.2. The van der Waals surface area contributed by atoms with Crippen molar-refractivity contribution in [2.75, 3.05) is 0 Å². The zero-order valence-electron chi connectivity index (χ0n) is 32.2. The fraction of sp³-hybridized carbons (Fsp3) is 0. The van der Waals surface area contributed by atoms with E-state index in [0.717, 1.165) is 0 Å². The molecular weight excluding hydrogens is 844 g/mol. The fourth-order valence-corrected chi connectivity index (χ4v) is 13.5. The normalized spacial score (nSPS) is 10.4. The first-order valence-corrected chi connectivity index (χ1v) is 23.2. The van der Waals surface area contributed by atoms with Gasteiger partial charge in [-0.2, -0.15) is 0 Å². The quantitative estimate of drug-likeness (QED) is 0.100. The Balaban J connectivity index is 0.000000145. The van der Waals surface area contributed by atoms with Gasteiger partial charge in [0.25, 0.3) is 0 Å². The van der Waals surface area contributed by atoms with Crippen LogP contribution in [0.25, 0.3) is 0 Å². The Morgan fingerprint density at radius 2 is 0.224 bits per heavy atom. The van der Waals surface area contributed by atoms with Crippen LogP contribution < -0.4 is 47.7 Å². The van der Waals surface area contributed by atoms with Crippen molar-refractivity contribution in [1.82, 2.24) is 0 Å². The van der Waals surface area contributed by atoms with Gasteiger partial charge >= 0.3 is 19.5 Å². The van der Waals surface area contributed by atoms with Crippen LogP contribution in [0, 0.1) is 0 Å². The third-order valence-electron chi connectivity index (χ3n) is 9.13. The van der Waals surface area contributed by atoms with Crippen LogP contribution in [0.2, 0.25) is 0 Å². The van der Waals surface area contributed by atoms with Crippen molar-refractivity contribution >= 4 is 71.5 Å². The van der Waals surface area contributed by atoms with Crippen molar-refractivity contribution in [2.24, 2.45) is 0 Å². The van der Waals surface area contributed by atoms with Gasteiger partial charge in [-0.1, -0.05) is 273 Å². The second-order valence-electron chi connectivity index (χ2n) is 13.0. The minimum Gasteiger partial charge on any atom is -0.0622 e. The molecular formula is C54H45P3Rh+. The zero-order chi connectivity index (χ0) is 38.7. The number of benzene rings is 9. The maximum atomic E-state index is 2.23. The van der Waals surface area contributed by atoms with E-state index in [0.29, 0.717) is 0 Å². The molecule has 0 N–H and O–H groups in total. The largest absolute Gasteiger partial charge is 1.00 e. The third kappa shape index (κ3) is 12.0. The number of hydrogen-bond donors (Lipinski definition) is 0. The standard InChI is InChI=1S/3C18H15P.Rh/c3*1-4-10-16(11-5-1)19(17-12-6-2-7-13-17)18-14-8-3-9-15-18;/h3*1-15H;/q;;;+1. The molecule has 0 aliphatic rings. The summed E-state index contributed by atoms with van der Waals surface area (Å²) in [7, 11) is -1.34. The Kier molecular flexibility index (Phi) is 17.1. The topological polar surface area (TPSA) is 0 Å². The molecule has 9 aromatic carbocycles. The number of rotatable bonds is 9. The molecule has 0 aliphatic heterocycles. The SMILES string of the molecule is [Rh+].c1ccc(P(c2ccccc2)c2ccccc2)cc1.c1ccc(P(c2ccccc2)c2ccccc2)cc1.c1ccc(P(c2ccccc2)c2ccccc2)cc1. The van der Waals surface area contributed by atoms with Gasteiger partial charge in [-0.3, -0.25) is 0 Å². The van der Waals surface area contributed by atoms with E-state index in [1.54, 1.807) is 0 Å². The van der Waals surface area contributed by atoms with Gasteiger partial charge in [-0.05, 0) is 71.5 Å². The molecule has 284 valence electrons. The van der Waals surface area contributed by atoms with Crippen molar-refractivity contribution in [2.45, 2.75) is 0 Å². The first kappa shape index (κ1) is 42.5. The van der Waals surface area contributed by atoms with Crippen molar-refractivity contribution in [1.29, 1.82) is 0 Å². The molecule has 0 atom stereocenters. The zero-order valence-corrected chi connectivity index (χ0v) is 36.5. The summed E-state index contributed by atoms with van der Waals surface area (Å²) in [6.45, 7) is 0. The van der Waals surface area contributed by atoms with Crippen LogP contribution in [0.5, 0.6) is 0 Å². The smallest absolute Gasteiger partial charge is 0.0622 e. The van der Waals surface area contributed by atoms with Gasteiger partial charge in [0, 0.05) is 0 Å². The Bertz CT molecular complexity index is 1860. The predicted octanol–water partition coefficient (Wildman–Crippen LogP) is 10.3. The fourth-order valence-electron chi connectivity index (χ4n) is 6.54. The maximum Gasteiger partial charge on any atom is 1.00 e. The van der Waals surface area contributed by atoms with Gasteiger partial charge in [0.15, 0.2) is 0 Å². The van der Waals surface area contributed by atoms with Crippen LogP contribution in [-0.4, -0.2) is 0 Å². The van der Waals surface area contributed by atoms with Crippen LogP contribution in [0.1, 0.15) is 0 Å². The van der Waals surface area contributed by atoms with Gasteiger partial charge in [-0.25, -0.2) is 0 Å². The van der Waals surface area contributed by atoms with E-state index in [9.17, 15) is 0 Å². The maximum absolute atomic E-state index is 2.23. The van der Waals surface area contributed by atoms with Crippen LogP contribution in [0.4, 0.5) is 0 Å². The summed E-state index contributed by atoms with van der Waals surface area (Å²) in [5.74, 6) is 0. The number of hydrogen-bond acceptors (Lipinski definition) is 0. The molecule has 0 amide bonds. The monoisotopic (exact) mass is 889 g/mol.